The van der Waals surface area contributed by atoms with E-state index in [4.69, 9.17) is 16.6 Å². The van der Waals surface area contributed by atoms with Crippen LogP contribution in [-0.4, -0.2) is 41.6 Å². The highest BCUT2D eigenvalue weighted by atomic mass is 127. The fraction of sp³-hybridized carbons (Fsp3) is 0.318. The number of benzene rings is 1. The van der Waals surface area contributed by atoms with Gasteiger partial charge in [0.2, 0.25) is 0 Å². The minimum absolute atomic E-state index is 0. The van der Waals surface area contributed by atoms with Crippen molar-refractivity contribution in [1.29, 1.82) is 0 Å². The van der Waals surface area contributed by atoms with E-state index in [9.17, 15) is 0 Å². The monoisotopic (exact) mass is 536 g/mol. The number of aliphatic imine (C=N–C) groups is 1. The summed E-state index contributed by atoms with van der Waals surface area (Å²) in [5.41, 5.74) is 2.16. The van der Waals surface area contributed by atoms with Crippen molar-refractivity contribution in [3.05, 3.63) is 65.4 Å². The molecule has 30 heavy (non-hydrogen) atoms. The summed E-state index contributed by atoms with van der Waals surface area (Å²) in [6.45, 7) is 5.25. The van der Waals surface area contributed by atoms with Crippen LogP contribution in [0, 0.1) is 0 Å². The maximum atomic E-state index is 6.31. The Balaban J connectivity index is 0.00000256. The molecule has 6 nitrogen and oxygen atoms in total. The molecule has 1 aromatic carbocycles. The van der Waals surface area contributed by atoms with Crippen molar-refractivity contribution < 1.29 is 0 Å². The van der Waals surface area contributed by atoms with Crippen LogP contribution >= 0.6 is 35.6 Å². The largest absolute Gasteiger partial charge is 0.357 e. The summed E-state index contributed by atoms with van der Waals surface area (Å²) in [5.74, 6) is 1.68. The number of aromatic nitrogens is 2. The molecule has 1 atom stereocenters. The van der Waals surface area contributed by atoms with Crippen LogP contribution < -0.4 is 15.5 Å². The normalized spacial score (nSPS) is 16.4. The van der Waals surface area contributed by atoms with Gasteiger partial charge in [-0.15, -0.1) is 24.0 Å². The number of nitrogens with one attached hydrogen (secondary N) is 2. The topological polar surface area (TPSA) is 65.4 Å². The molecule has 2 N–H and O–H groups in total. The Kier molecular flexibility index (Phi) is 8.09. The van der Waals surface area contributed by atoms with E-state index in [0.717, 1.165) is 48.7 Å². The number of hydrogen-bond acceptors (Lipinski definition) is 4. The van der Waals surface area contributed by atoms with Crippen LogP contribution in [0.5, 0.6) is 0 Å². The van der Waals surface area contributed by atoms with E-state index >= 15 is 0 Å². The molecule has 158 valence electrons. The van der Waals surface area contributed by atoms with Gasteiger partial charge in [-0.25, -0.2) is 9.98 Å². The molecule has 3 heterocycles. The van der Waals surface area contributed by atoms with E-state index in [1.54, 1.807) is 6.20 Å². The van der Waals surface area contributed by atoms with Gasteiger partial charge >= 0.3 is 0 Å². The highest BCUT2D eigenvalue weighted by Crippen LogP contribution is 2.25. The first kappa shape index (κ1) is 22.6. The number of pyridine rings is 2. The van der Waals surface area contributed by atoms with E-state index in [0.29, 0.717) is 17.6 Å². The van der Waals surface area contributed by atoms with E-state index in [1.165, 1.54) is 5.56 Å². The summed E-state index contributed by atoms with van der Waals surface area (Å²) in [7, 11) is 0. The van der Waals surface area contributed by atoms with Gasteiger partial charge in [0.25, 0.3) is 0 Å². The highest BCUT2D eigenvalue weighted by molar-refractivity contribution is 14.0. The number of para-hydroxylation sites is 1. The molecule has 0 bridgehead atoms. The fourth-order valence-corrected chi connectivity index (χ4v) is 3.89. The molecule has 4 rings (SSSR count). The Hall–Kier alpha value is -2.13. The maximum absolute atomic E-state index is 6.31. The molecule has 0 amide bonds. The van der Waals surface area contributed by atoms with Crippen LogP contribution in [0.3, 0.4) is 0 Å². The van der Waals surface area contributed by atoms with E-state index in [-0.39, 0.29) is 24.0 Å². The van der Waals surface area contributed by atoms with Crippen molar-refractivity contribution in [2.45, 2.75) is 25.9 Å². The average Bonchev–Trinajstić information content (AvgIpc) is 3.20. The van der Waals surface area contributed by atoms with E-state index in [1.807, 2.05) is 42.6 Å². The first-order chi connectivity index (χ1) is 14.2. The van der Waals surface area contributed by atoms with E-state index < -0.39 is 0 Å². The molecule has 0 saturated carbocycles. The lowest BCUT2D eigenvalue weighted by atomic mass is 10.1. The first-order valence-electron chi connectivity index (χ1n) is 9.97. The van der Waals surface area contributed by atoms with Crippen LogP contribution in [0.2, 0.25) is 5.02 Å². The van der Waals surface area contributed by atoms with Gasteiger partial charge in [-0.05, 0) is 43.2 Å². The zero-order valence-electron chi connectivity index (χ0n) is 16.9. The summed E-state index contributed by atoms with van der Waals surface area (Å²) in [6.07, 6.45) is 4.64. The summed E-state index contributed by atoms with van der Waals surface area (Å²) >= 11 is 6.31. The standard InChI is InChI=1S/C22H25ClN6.HI/c1-2-24-22(27-14-16-9-12-25-20-8-4-3-6-18(16)20)28-17-10-13-29(15-17)21-19(23)7-5-11-26-21;/h3-9,11-12,17H,2,10,13-15H2,1H3,(H2,24,27,28);1H. The SMILES string of the molecule is CCNC(=NCc1ccnc2ccccc12)NC1CCN(c2ncccc2Cl)C1.I. The Morgan fingerprint density at radius 2 is 2.03 bits per heavy atom. The van der Waals surface area contributed by atoms with E-state index in [2.05, 4.69) is 38.5 Å². The van der Waals surface area contributed by atoms with Crippen LogP contribution in [-0.2, 0) is 6.54 Å². The molecular weight excluding hydrogens is 511 g/mol. The molecule has 0 radical (unpaired) electrons. The molecule has 1 unspecified atom stereocenters. The number of halogens is 2. The third kappa shape index (κ3) is 5.31. The van der Waals surface area contributed by atoms with Gasteiger partial charge in [0, 0.05) is 43.5 Å². The van der Waals surface area contributed by atoms with Crippen molar-refractivity contribution in [1.82, 2.24) is 20.6 Å². The molecule has 8 heteroatoms. The lowest BCUT2D eigenvalue weighted by Crippen LogP contribution is -2.44. The van der Waals surface area contributed by atoms with Crippen molar-refractivity contribution >= 4 is 58.3 Å². The minimum atomic E-state index is 0. The van der Waals surface area contributed by atoms with Crippen LogP contribution in [0.1, 0.15) is 18.9 Å². The van der Waals surface area contributed by atoms with Crippen LogP contribution in [0.4, 0.5) is 5.82 Å². The van der Waals surface area contributed by atoms with Crippen molar-refractivity contribution in [2.75, 3.05) is 24.5 Å². The Morgan fingerprint density at radius 1 is 1.17 bits per heavy atom. The predicted octanol–water partition coefficient (Wildman–Crippen LogP) is 4.24. The zero-order valence-corrected chi connectivity index (χ0v) is 20.0. The number of hydrogen-bond donors (Lipinski definition) is 2. The molecule has 1 aliphatic heterocycles. The lowest BCUT2D eigenvalue weighted by molar-refractivity contribution is 0.649. The summed E-state index contributed by atoms with van der Waals surface area (Å²) in [6, 6.07) is 14.2. The molecule has 0 aliphatic carbocycles. The summed E-state index contributed by atoms with van der Waals surface area (Å²) in [4.78, 5) is 15.9. The molecule has 0 spiro atoms. The van der Waals surface area contributed by atoms with Crippen molar-refractivity contribution in [2.24, 2.45) is 4.99 Å². The highest BCUT2D eigenvalue weighted by Gasteiger charge is 2.25. The van der Waals surface area contributed by atoms with Crippen molar-refractivity contribution in [3.63, 3.8) is 0 Å². The number of guanidine groups is 1. The van der Waals surface area contributed by atoms with Gasteiger partial charge in [0.15, 0.2) is 5.96 Å². The van der Waals surface area contributed by atoms with Gasteiger partial charge < -0.3 is 15.5 Å². The lowest BCUT2D eigenvalue weighted by Gasteiger charge is -2.20. The second-order valence-electron chi connectivity index (χ2n) is 7.07. The van der Waals surface area contributed by atoms with Crippen LogP contribution in [0.25, 0.3) is 10.9 Å². The van der Waals surface area contributed by atoms with Gasteiger partial charge in [0.1, 0.15) is 5.82 Å². The predicted molar refractivity (Wildman–Crippen MR) is 135 cm³/mol. The first-order valence-corrected chi connectivity index (χ1v) is 10.4. The smallest absolute Gasteiger partial charge is 0.191 e. The number of anilines is 1. The fourth-order valence-electron chi connectivity index (χ4n) is 3.65. The summed E-state index contributed by atoms with van der Waals surface area (Å²) in [5, 5.41) is 8.76. The molecule has 1 fully saturated rings. The third-order valence-corrected chi connectivity index (χ3v) is 5.35. The van der Waals surface area contributed by atoms with Crippen molar-refractivity contribution in [3.8, 4) is 0 Å². The van der Waals surface area contributed by atoms with Gasteiger partial charge in [0.05, 0.1) is 17.1 Å². The number of nitrogens with zero attached hydrogens (tertiary/aromatic N) is 4. The Morgan fingerprint density at radius 3 is 2.87 bits per heavy atom. The number of fused-ring (bicyclic) bond motifs is 1. The maximum Gasteiger partial charge on any atom is 0.191 e. The number of rotatable bonds is 5. The van der Waals surface area contributed by atoms with Gasteiger partial charge in [-0.1, -0.05) is 29.8 Å². The molecule has 1 saturated heterocycles. The molecule has 3 aromatic rings. The third-order valence-electron chi connectivity index (χ3n) is 5.06. The summed E-state index contributed by atoms with van der Waals surface area (Å²) < 4.78 is 0. The average molecular weight is 537 g/mol. The quantitative estimate of drug-likeness (QED) is 0.290. The van der Waals surface area contributed by atoms with Crippen LogP contribution in [0.15, 0.2) is 59.9 Å². The second-order valence-corrected chi connectivity index (χ2v) is 7.47. The van der Waals surface area contributed by atoms with Gasteiger partial charge in [-0.3, -0.25) is 4.98 Å². The molecule has 2 aromatic heterocycles. The molecular formula is C22H26ClIN6. The zero-order chi connectivity index (χ0) is 20.1. The Bertz CT molecular complexity index is 1010. The molecule has 1 aliphatic rings. The van der Waals surface area contributed by atoms with Gasteiger partial charge in [-0.2, -0.15) is 0 Å². The minimum Gasteiger partial charge on any atom is -0.357 e. The Labute approximate surface area is 199 Å². The second kappa shape index (κ2) is 10.8.